The summed E-state index contributed by atoms with van der Waals surface area (Å²) < 4.78 is 9.81. The molecule has 0 N–H and O–H groups in total. The van der Waals surface area contributed by atoms with Crippen LogP contribution in [-0.4, -0.2) is 33.2 Å². The van der Waals surface area contributed by atoms with Crippen molar-refractivity contribution in [2.45, 2.75) is 0 Å². The Hall–Kier alpha value is -10.4. The number of benzene rings is 11. The quantitative estimate of drug-likeness (QED) is 0.160. The number of para-hydroxylation sites is 6. The maximum Gasteiger partial charge on any atom is 0.166 e. The van der Waals surface area contributed by atoms with Gasteiger partial charge in [0.05, 0.1) is 44.1 Å². The van der Waals surface area contributed by atoms with E-state index in [1.807, 2.05) is 36.4 Å². The van der Waals surface area contributed by atoms with E-state index in [-0.39, 0.29) is 0 Å². The molecule has 16 rings (SSSR count). The zero-order chi connectivity index (χ0) is 49.8. The van der Waals surface area contributed by atoms with Gasteiger partial charge in [0, 0.05) is 82.5 Å². The van der Waals surface area contributed by atoms with Crippen molar-refractivity contribution in [3.05, 3.63) is 261 Å². The van der Waals surface area contributed by atoms with Crippen LogP contribution in [0.5, 0.6) is 0 Å². The van der Waals surface area contributed by atoms with Crippen molar-refractivity contribution < 1.29 is 0 Å². The molecule has 354 valence electrons. The lowest BCUT2D eigenvalue weighted by molar-refractivity contribution is 1.07. The van der Waals surface area contributed by atoms with Gasteiger partial charge in [-0.3, -0.25) is 0 Å². The summed E-state index contributed by atoms with van der Waals surface area (Å²) in [6.45, 7) is 0. The Labute approximate surface area is 436 Å². The van der Waals surface area contributed by atoms with Crippen LogP contribution < -0.4 is 0 Å². The Bertz CT molecular complexity index is 4900. The molecule has 0 amide bonds. The Morgan fingerprint density at radius 1 is 0.224 bits per heavy atom. The summed E-state index contributed by atoms with van der Waals surface area (Å²) in [4.78, 5) is 16.3. The van der Waals surface area contributed by atoms with E-state index in [4.69, 9.17) is 15.0 Å². The topological polar surface area (TPSA) is 58.4 Å². The Morgan fingerprint density at radius 2 is 0.592 bits per heavy atom. The minimum atomic E-state index is 0.575. The molecule has 0 unspecified atom stereocenters. The second-order valence-electron chi connectivity index (χ2n) is 19.5. The molecule has 0 radical (unpaired) electrons. The van der Waals surface area contributed by atoms with E-state index < -0.39 is 0 Å². The summed E-state index contributed by atoms with van der Waals surface area (Å²) in [7, 11) is 0. The fourth-order valence-electron chi connectivity index (χ4n) is 12.2. The second kappa shape index (κ2) is 16.6. The summed E-state index contributed by atoms with van der Waals surface area (Å²) in [5.41, 5.74) is 15.8. The van der Waals surface area contributed by atoms with Crippen LogP contribution in [0.15, 0.2) is 261 Å². The van der Waals surface area contributed by atoms with Gasteiger partial charge in [0.2, 0.25) is 0 Å². The SMILES string of the molecule is c1ccc(-c2nc(-c3ccccc3)nc(-c3cc(-n4c5ccccc5c5ccc6c(c7ccccc7n6-c6ccccc6)c54)cc4c5c(ccc6c7ccccc7n(-c7ccccc7)c65)n(-c5ccccc5)c34)n2)cc1. The molecule has 7 nitrogen and oxygen atoms in total. The van der Waals surface area contributed by atoms with E-state index in [0.717, 1.165) is 94.3 Å². The van der Waals surface area contributed by atoms with Gasteiger partial charge in [-0.25, -0.2) is 15.0 Å². The maximum atomic E-state index is 5.54. The molecule has 76 heavy (non-hydrogen) atoms. The van der Waals surface area contributed by atoms with Crippen LogP contribution in [0.4, 0.5) is 0 Å². The molecule has 0 bridgehead atoms. The van der Waals surface area contributed by atoms with E-state index in [0.29, 0.717) is 17.5 Å². The molecular formula is C69H43N7. The van der Waals surface area contributed by atoms with Gasteiger partial charge in [-0.15, -0.1) is 0 Å². The lowest BCUT2D eigenvalue weighted by atomic mass is 10.0. The molecule has 16 aromatic rings. The molecule has 0 saturated carbocycles. The first-order valence-electron chi connectivity index (χ1n) is 25.8. The number of fused-ring (bicyclic) bond motifs is 14. The lowest BCUT2D eigenvalue weighted by Gasteiger charge is -2.16. The molecule has 5 heterocycles. The van der Waals surface area contributed by atoms with Crippen molar-refractivity contribution in [2.75, 3.05) is 0 Å². The molecule has 0 fully saturated rings. The van der Waals surface area contributed by atoms with E-state index >= 15 is 0 Å². The van der Waals surface area contributed by atoms with Gasteiger partial charge >= 0.3 is 0 Å². The van der Waals surface area contributed by atoms with Gasteiger partial charge in [-0.2, -0.15) is 0 Å². The van der Waals surface area contributed by atoms with Crippen molar-refractivity contribution in [2.24, 2.45) is 0 Å². The van der Waals surface area contributed by atoms with Gasteiger partial charge in [0.15, 0.2) is 17.5 Å². The average Bonchev–Trinajstić information content (AvgIpc) is 4.36. The summed E-state index contributed by atoms with van der Waals surface area (Å²) in [5, 5.41) is 9.30. The predicted molar refractivity (Wildman–Crippen MR) is 313 cm³/mol. The van der Waals surface area contributed by atoms with Crippen LogP contribution in [0.25, 0.3) is 144 Å². The molecule has 0 aliphatic heterocycles. The number of hydrogen-bond acceptors (Lipinski definition) is 3. The number of nitrogens with zero attached hydrogens (tertiary/aromatic N) is 7. The lowest BCUT2D eigenvalue weighted by Crippen LogP contribution is -2.03. The van der Waals surface area contributed by atoms with Crippen molar-refractivity contribution in [3.8, 4) is 56.9 Å². The minimum absolute atomic E-state index is 0.575. The smallest absolute Gasteiger partial charge is 0.166 e. The molecule has 7 heteroatoms. The van der Waals surface area contributed by atoms with Crippen LogP contribution in [0, 0.1) is 0 Å². The number of rotatable bonds is 7. The predicted octanol–water partition coefficient (Wildman–Crippen LogP) is 17.3. The summed E-state index contributed by atoms with van der Waals surface area (Å²) in [6.07, 6.45) is 0. The van der Waals surface area contributed by atoms with E-state index in [1.54, 1.807) is 0 Å². The third kappa shape index (κ3) is 6.20. The largest absolute Gasteiger partial charge is 0.309 e. The van der Waals surface area contributed by atoms with E-state index in [9.17, 15) is 0 Å². The van der Waals surface area contributed by atoms with Crippen LogP contribution in [-0.2, 0) is 0 Å². The Kier molecular flexibility index (Phi) is 9.20. The minimum Gasteiger partial charge on any atom is -0.309 e. The molecule has 0 spiro atoms. The molecule has 0 aliphatic carbocycles. The highest BCUT2D eigenvalue weighted by molar-refractivity contribution is 6.29. The van der Waals surface area contributed by atoms with Crippen LogP contribution in [0.3, 0.4) is 0 Å². The highest BCUT2D eigenvalue weighted by Crippen LogP contribution is 2.48. The number of hydrogen-bond donors (Lipinski definition) is 0. The van der Waals surface area contributed by atoms with Gasteiger partial charge in [0.25, 0.3) is 0 Å². The number of aromatic nitrogens is 7. The monoisotopic (exact) mass is 969 g/mol. The molecule has 5 aromatic heterocycles. The normalized spacial score (nSPS) is 11.9. The van der Waals surface area contributed by atoms with Crippen molar-refractivity contribution in [1.29, 1.82) is 0 Å². The summed E-state index contributed by atoms with van der Waals surface area (Å²) >= 11 is 0. The first-order chi connectivity index (χ1) is 37.7. The van der Waals surface area contributed by atoms with Crippen LogP contribution in [0.1, 0.15) is 0 Å². The second-order valence-corrected chi connectivity index (χ2v) is 19.5. The highest BCUT2D eigenvalue weighted by atomic mass is 15.1. The summed E-state index contributed by atoms with van der Waals surface area (Å²) in [6, 6.07) is 93.3. The van der Waals surface area contributed by atoms with Crippen molar-refractivity contribution in [3.63, 3.8) is 0 Å². The molecular weight excluding hydrogens is 927 g/mol. The fraction of sp³-hybridized carbons (Fsp3) is 0. The molecule has 11 aromatic carbocycles. The van der Waals surface area contributed by atoms with Gasteiger partial charge < -0.3 is 18.3 Å². The van der Waals surface area contributed by atoms with E-state index in [1.165, 1.54) is 32.3 Å². The Balaban J connectivity index is 1.14. The average molecular weight is 970 g/mol. The first kappa shape index (κ1) is 42.2. The van der Waals surface area contributed by atoms with Gasteiger partial charge in [-0.1, -0.05) is 182 Å². The fourth-order valence-corrected chi connectivity index (χ4v) is 12.2. The standard InChI is InChI=1S/C69H43N7/c1-6-22-44(23-7-1)67-70-68(45-24-8-2-9-25-45)72-69(71-67)56-43-49(76-58-36-20-17-33-51(58)52-38-40-60-62(65(52)76)54-34-18-21-37-59(54)73(60)46-26-10-3-11-27-46)42-55-63-61(75(64(55)56)48-30-14-5-15-31-48)41-39-53-50-32-16-19-35-57(50)74(66(53)63)47-28-12-4-13-29-47/h1-43H. The zero-order valence-corrected chi connectivity index (χ0v) is 41.0. The third-order valence-corrected chi connectivity index (χ3v) is 15.4. The first-order valence-corrected chi connectivity index (χ1v) is 25.8. The van der Waals surface area contributed by atoms with Gasteiger partial charge in [-0.05, 0) is 78.9 Å². The molecule has 0 aliphatic rings. The maximum absolute atomic E-state index is 5.54. The molecule has 0 atom stereocenters. The van der Waals surface area contributed by atoms with Crippen molar-refractivity contribution in [1.82, 2.24) is 33.2 Å². The molecule has 0 saturated heterocycles. The van der Waals surface area contributed by atoms with Crippen molar-refractivity contribution >= 4 is 87.2 Å². The highest BCUT2D eigenvalue weighted by Gasteiger charge is 2.28. The third-order valence-electron chi connectivity index (χ3n) is 15.4. The van der Waals surface area contributed by atoms with Gasteiger partial charge in [0.1, 0.15) is 0 Å². The van der Waals surface area contributed by atoms with E-state index in [2.05, 4.69) is 243 Å². The van der Waals surface area contributed by atoms with Crippen LogP contribution in [0.2, 0.25) is 0 Å². The van der Waals surface area contributed by atoms with Crippen LogP contribution >= 0.6 is 0 Å². The Morgan fingerprint density at radius 3 is 1.11 bits per heavy atom. The summed E-state index contributed by atoms with van der Waals surface area (Å²) in [5.74, 6) is 1.78. The zero-order valence-electron chi connectivity index (χ0n) is 41.0.